The molecule has 0 bridgehead atoms. The van der Waals surface area contributed by atoms with Crippen molar-refractivity contribution in [3.05, 3.63) is 0 Å². The van der Waals surface area contributed by atoms with E-state index in [0.29, 0.717) is 0 Å². The molecule has 0 aliphatic heterocycles. The van der Waals surface area contributed by atoms with E-state index in [9.17, 15) is 0 Å². The molecule has 0 rings (SSSR count). The van der Waals surface area contributed by atoms with E-state index >= 15 is 0 Å². The monoisotopic (exact) mass is 110 g/mol. The second-order valence-electron chi connectivity index (χ2n) is 0.781. The van der Waals surface area contributed by atoms with Crippen molar-refractivity contribution in [3.63, 3.8) is 0 Å². The second-order valence-corrected chi connectivity index (χ2v) is 3.22. The average molecular weight is 110 g/mol. The summed E-state index contributed by atoms with van der Waals surface area (Å²) in [6, 6.07) is 0. The molecule has 0 heterocycles. The fraction of sp³-hybridized carbons (Fsp3) is 1.00. The minimum atomic E-state index is 0.958. The molecule has 0 atom stereocenters. The fourth-order valence-corrected chi connectivity index (χ4v) is 0.842. The van der Waals surface area contributed by atoms with Gasteiger partial charge in [0.05, 0.1) is 0 Å². The van der Waals surface area contributed by atoms with Crippen molar-refractivity contribution in [1.82, 2.24) is 0 Å². The predicted octanol–water partition coefficient (Wildman–Crippen LogP) is 1.95. The molecular weight excluding hydrogens is 100 g/mol. The van der Waals surface area contributed by atoms with Crippen molar-refractivity contribution in [1.29, 1.82) is 0 Å². The Morgan fingerprint density at radius 2 is 1.60 bits per heavy atom. The van der Waals surface area contributed by atoms with Gasteiger partial charge in [-0.2, -0.15) is 0 Å². The van der Waals surface area contributed by atoms with E-state index in [1.165, 1.54) is 10.6 Å². The van der Waals surface area contributed by atoms with Crippen LogP contribution in [0.5, 0.6) is 0 Å². The van der Waals surface area contributed by atoms with Crippen molar-refractivity contribution < 1.29 is 15.2 Å². The first-order chi connectivity index (χ1) is 2.41. The third-order valence-electron chi connectivity index (χ3n) is 0.408. The maximum absolute atomic E-state index is 2.24. The molecule has 5 heavy (non-hydrogen) atoms. The van der Waals surface area contributed by atoms with E-state index in [1.54, 1.807) is 0 Å². The second kappa shape index (κ2) is 4.53. The third-order valence-corrected chi connectivity index (χ3v) is 1.68. The number of hydrogen-bond acceptors (Lipinski definition) is 0. The summed E-state index contributed by atoms with van der Waals surface area (Å²) in [5.74, 6) is 0. The van der Waals surface area contributed by atoms with Crippen LogP contribution in [0, 0.1) is 0 Å². The molecule has 0 spiro atoms. The van der Waals surface area contributed by atoms with Gasteiger partial charge < -0.3 is 0 Å². The summed E-state index contributed by atoms with van der Waals surface area (Å²) in [7, 11) is 0. The van der Waals surface area contributed by atoms with Gasteiger partial charge in [-0.15, -0.1) is 0 Å². The molecule has 0 aromatic heterocycles. The zero-order chi connectivity index (χ0) is 4.12. The van der Waals surface area contributed by atoms with Crippen LogP contribution in [0.2, 0.25) is 10.6 Å². The standard InChI is InChI=1S/2C2H5.Cr/c2*1-2;/h2*1H2,2H3;. The van der Waals surface area contributed by atoms with E-state index in [-0.39, 0.29) is 0 Å². The summed E-state index contributed by atoms with van der Waals surface area (Å²) in [5.41, 5.74) is 0. The first-order valence-corrected chi connectivity index (χ1v) is 3.79. The van der Waals surface area contributed by atoms with E-state index in [2.05, 4.69) is 13.8 Å². The van der Waals surface area contributed by atoms with Gasteiger partial charge in [-0.25, -0.2) is 0 Å². The van der Waals surface area contributed by atoms with Gasteiger partial charge in [0.25, 0.3) is 0 Å². The summed E-state index contributed by atoms with van der Waals surface area (Å²) in [6.45, 7) is 4.48. The van der Waals surface area contributed by atoms with Gasteiger partial charge in [0.15, 0.2) is 0 Å². The van der Waals surface area contributed by atoms with E-state index < -0.39 is 0 Å². The molecular formula is C4H10Cr. The molecule has 0 unspecified atom stereocenters. The molecule has 0 radical (unpaired) electrons. The Kier molecular flexibility index (Phi) is 5.02. The van der Waals surface area contributed by atoms with Crippen LogP contribution in [-0.2, 0) is 15.2 Å². The molecule has 32 valence electrons. The first-order valence-electron chi connectivity index (χ1n) is 1.99. The van der Waals surface area contributed by atoms with Crippen molar-refractivity contribution in [2.75, 3.05) is 0 Å². The van der Waals surface area contributed by atoms with Gasteiger partial charge in [-0.1, -0.05) is 0 Å². The summed E-state index contributed by atoms with van der Waals surface area (Å²) < 4.78 is 0. The van der Waals surface area contributed by atoms with Crippen molar-refractivity contribution >= 4 is 0 Å². The van der Waals surface area contributed by atoms with Crippen LogP contribution in [0.1, 0.15) is 13.8 Å². The van der Waals surface area contributed by atoms with E-state index in [4.69, 9.17) is 0 Å². The topological polar surface area (TPSA) is 0 Å². The Bertz CT molecular complexity index is 11.1. The normalized spacial score (nSPS) is 8.40. The summed E-state index contributed by atoms with van der Waals surface area (Å²) in [4.78, 5) is 0. The molecule has 0 aromatic rings. The molecule has 0 aromatic carbocycles. The van der Waals surface area contributed by atoms with Crippen LogP contribution >= 0.6 is 0 Å². The average Bonchev–Trinajstić information content (AvgIpc) is 1.41. The van der Waals surface area contributed by atoms with Crippen molar-refractivity contribution in [2.45, 2.75) is 24.4 Å². The zero-order valence-corrected chi connectivity index (χ0v) is 5.10. The van der Waals surface area contributed by atoms with Gasteiger partial charge in [-0.05, 0) is 0 Å². The van der Waals surface area contributed by atoms with Gasteiger partial charge in [-0.3, -0.25) is 0 Å². The minimum absolute atomic E-state index is 0.958. The number of hydrogen-bond donors (Lipinski definition) is 0. The van der Waals surface area contributed by atoms with Crippen LogP contribution in [0.3, 0.4) is 0 Å². The SMILES string of the molecule is C[CH2][Cr][CH2]C. The molecule has 0 saturated carbocycles. The molecule has 0 aliphatic rings. The van der Waals surface area contributed by atoms with Crippen LogP contribution < -0.4 is 0 Å². The van der Waals surface area contributed by atoms with Crippen molar-refractivity contribution in [2.24, 2.45) is 0 Å². The Morgan fingerprint density at radius 3 is 1.60 bits per heavy atom. The van der Waals surface area contributed by atoms with Crippen LogP contribution in [0.4, 0.5) is 0 Å². The first kappa shape index (κ1) is 5.53. The van der Waals surface area contributed by atoms with Gasteiger partial charge in [0, 0.05) is 0 Å². The molecule has 0 aliphatic carbocycles. The van der Waals surface area contributed by atoms with Gasteiger partial charge >= 0.3 is 39.6 Å². The Balaban J connectivity index is 2.19. The van der Waals surface area contributed by atoms with E-state index in [1.807, 2.05) is 0 Å². The van der Waals surface area contributed by atoms with Gasteiger partial charge in [0.1, 0.15) is 0 Å². The summed E-state index contributed by atoms with van der Waals surface area (Å²) in [6.07, 6.45) is 0. The summed E-state index contributed by atoms with van der Waals surface area (Å²) in [5, 5.41) is 2.81. The van der Waals surface area contributed by atoms with Crippen LogP contribution in [0.15, 0.2) is 0 Å². The van der Waals surface area contributed by atoms with Crippen LogP contribution in [0.25, 0.3) is 0 Å². The molecule has 0 saturated heterocycles. The number of rotatable bonds is 2. The Morgan fingerprint density at radius 1 is 1.20 bits per heavy atom. The molecule has 0 amide bonds. The van der Waals surface area contributed by atoms with Crippen LogP contribution in [-0.4, -0.2) is 0 Å². The van der Waals surface area contributed by atoms with Crippen molar-refractivity contribution in [3.8, 4) is 0 Å². The fourth-order valence-electron chi connectivity index (χ4n) is 0.204. The molecule has 0 N–H and O–H groups in total. The molecule has 0 nitrogen and oxygen atoms in total. The zero-order valence-electron chi connectivity index (χ0n) is 3.82. The molecule has 0 fully saturated rings. The quantitative estimate of drug-likeness (QED) is 0.509. The maximum atomic E-state index is 2.24. The Labute approximate surface area is 40.3 Å². The molecule has 1 heteroatoms. The predicted molar refractivity (Wildman–Crippen MR) is 21.0 cm³/mol. The van der Waals surface area contributed by atoms with E-state index in [0.717, 1.165) is 15.2 Å². The van der Waals surface area contributed by atoms with Gasteiger partial charge in [0.2, 0.25) is 0 Å². The third kappa shape index (κ3) is 4.53. The summed E-state index contributed by atoms with van der Waals surface area (Å²) >= 11 is 0.958. The Hall–Kier alpha value is 0.532.